The van der Waals surface area contributed by atoms with Crippen LogP contribution >= 0.6 is 27.5 Å². The van der Waals surface area contributed by atoms with Gasteiger partial charge in [-0.1, -0.05) is 11.6 Å². The Bertz CT molecular complexity index is 356. The second-order valence-corrected chi connectivity index (χ2v) is 3.57. The minimum atomic E-state index is -0.542. The molecule has 0 saturated carbocycles. The highest BCUT2D eigenvalue weighted by Crippen LogP contribution is 2.30. The number of hydrogen-bond acceptors (Lipinski definition) is 3. The van der Waals surface area contributed by atoms with Gasteiger partial charge in [-0.3, -0.25) is 10.1 Å². The van der Waals surface area contributed by atoms with Crippen LogP contribution in [0, 0.1) is 10.1 Å². The van der Waals surface area contributed by atoms with Crippen molar-refractivity contribution in [3.8, 4) is 0 Å². The van der Waals surface area contributed by atoms with Gasteiger partial charge in [-0.25, -0.2) is 0 Å². The molecule has 0 radical (unpaired) electrons. The Kier molecular flexibility index (Phi) is 3.24. The van der Waals surface area contributed by atoms with E-state index in [-0.39, 0.29) is 12.3 Å². The smallest absolute Gasteiger partial charge is 0.283 e. The van der Waals surface area contributed by atoms with Gasteiger partial charge < -0.3 is 5.11 Å². The molecule has 0 aromatic heterocycles. The van der Waals surface area contributed by atoms with E-state index in [9.17, 15) is 10.1 Å². The van der Waals surface area contributed by atoms with Gasteiger partial charge in [0.15, 0.2) is 0 Å². The fraction of sp³-hybridized carbons (Fsp3) is 0.143. The molecule has 1 aromatic carbocycles. The number of halogens is 2. The topological polar surface area (TPSA) is 63.4 Å². The second-order valence-electron chi connectivity index (χ2n) is 2.31. The van der Waals surface area contributed by atoms with Crippen molar-refractivity contribution < 1.29 is 10.0 Å². The molecule has 0 unspecified atom stereocenters. The van der Waals surface area contributed by atoms with E-state index in [0.29, 0.717) is 15.1 Å². The molecule has 4 nitrogen and oxygen atoms in total. The average Bonchev–Trinajstić information content (AvgIpc) is 2.03. The molecule has 1 aromatic rings. The van der Waals surface area contributed by atoms with E-state index in [2.05, 4.69) is 15.9 Å². The minimum Gasteiger partial charge on any atom is -0.392 e. The van der Waals surface area contributed by atoms with E-state index in [1.807, 2.05) is 0 Å². The summed E-state index contributed by atoms with van der Waals surface area (Å²) < 4.78 is 0.305. The van der Waals surface area contributed by atoms with E-state index in [0.717, 1.165) is 0 Å². The van der Waals surface area contributed by atoms with Gasteiger partial charge in [-0.05, 0) is 22.0 Å². The van der Waals surface area contributed by atoms with Gasteiger partial charge in [-0.2, -0.15) is 0 Å². The van der Waals surface area contributed by atoms with Crippen molar-refractivity contribution in [2.24, 2.45) is 0 Å². The molecule has 0 atom stereocenters. The zero-order chi connectivity index (χ0) is 10.0. The lowest BCUT2D eigenvalue weighted by molar-refractivity contribution is -0.385. The van der Waals surface area contributed by atoms with Gasteiger partial charge in [0.05, 0.1) is 16.0 Å². The quantitative estimate of drug-likeness (QED) is 0.661. The fourth-order valence-corrected chi connectivity index (χ4v) is 1.69. The van der Waals surface area contributed by atoms with Crippen LogP contribution in [0.3, 0.4) is 0 Å². The molecule has 1 rings (SSSR count). The Morgan fingerprint density at radius 3 is 2.69 bits per heavy atom. The highest BCUT2D eigenvalue weighted by Gasteiger charge is 2.14. The van der Waals surface area contributed by atoms with E-state index in [1.165, 1.54) is 12.1 Å². The van der Waals surface area contributed by atoms with Crippen molar-refractivity contribution in [3.63, 3.8) is 0 Å². The normalized spacial score (nSPS) is 10.1. The first kappa shape index (κ1) is 10.4. The van der Waals surface area contributed by atoms with Crippen molar-refractivity contribution in [3.05, 3.63) is 37.3 Å². The van der Waals surface area contributed by atoms with Crippen LogP contribution in [0.5, 0.6) is 0 Å². The molecule has 0 saturated heterocycles. The third-order valence-corrected chi connectivity index (χ3v) is 2.47. The van der Waals surface area contributed by atoms with Crippen LogP contribution in [0.15, 0.2) is 16.6 Å². The predicted molar refractivity (Wildman–Crippen MR) is 51.7 cm³/mol. The molecule has 0 aliphatic rings. The first-order valence-electron chi connectivity index (χ1n) is 3.29. The standard InChI is InChI=1S/C7H5BrClNO3/c8-5-2-6(9)4(3-11)1-7(5)10(12)13/h1-2,11H,3H2. The zero-order valence-electron chi connectivity index (χ0n) is 6.33. The maximum absolute atomic E-state index is 10.5. The maximum Gasteiger partial charge on any atom is 0.283 e. The maximum atomic E-state index is 10.5. The summed E-state index contributed by atoms with van der Waals surface area (Å²) in [6.45, 7) is -0.313. The lowest BCUT2D eigenvalue weighted by Gasteiger charge is -2.01. The second kappa shape index (κ2) is 4.04. The molecular weight excluding hydrogens is 261 g/mol. The predicted octanol–water partition coefficient (Wildman–Crippen LogP) is 2.50. The summed E-state index contributed by atoms with van der Waals surface area (Å²) in [6.07, 6.45) is 0. The van der Waals surface area contributed by atoms with Crippen LogP contribution in [0.25, 0.3) is 0 Å². The molecule has 1 N–H and O–H groups in total. The molecule has 0 fully saturated rings. The fourth-order valence-electron chi connectivity index (χ4n) is 0.842. The Labute approximate surface area is 87.4 Å². The van der Waals surface area contributed by atoms with Crippen molar-refractivity contribution in [1.29, 1.82) is 0 Å². The number of rotatable bonds is 2. The van der Waals surface area contributed by atoms with Gasteiger partial charge in [0.1, 0.15) is 0 Å². The van der Waals surface area contributed by atoms with E-state index < -0.39 is 4.92 Å². The SMILES string of the molecule is O=[N+]([O-])c1cc(CO)c(Cl)cc1Br. The summed E-state index contributed by atoms with van der Waals surface area (Å²) in [4.78, 5) is 9.91. The molecule has 0 aliphatic heterocycles. The van der Waals surface area contributed by atoms with Crippen LogP contribution in [-0.2, 0) is 6.61 Å². The van der Waals surface area contributed by atoms with Gasteiger partial charge in [0.25, 0.3) is 5.69 Å². The molecule has 13 heavy (non-hydrogen) atoms. The lowest BCUT2D eigenvalue weighted by atomic mass is 10.2. The molecular formula is C7H5BrClNO3. The monoisotopic (exact) mass is 265 g/mol. The van der Waals surface area contributed by atoms with Crippen LogP contribution in [0.2, 0.25) is 5.02 Å². The van der Waals surface area contributed by atoms with E-state index in [1.54, 1.807) is 0 Å². The van der Waals surface area contributed by atoms with Crippen molar-refractivity contribution in [2.45, 2.75) is 6.61 Å². The van der Waals surface area contributed by atoms with Crippen LogP contribution in [-0.4, -0.2) is 10.0 Å². The Morgan fingerprint density at radius 1 is 1.62 bits per heavy atom. The number of aliphatic hydroxyl groups excluding tert-OH is 1. The molecule has 0 bridgehead atoms. The Morgan fingerprint density at radius 2 is 2.23 bits per heavy atom. The number of aliphatic hydroxyl groups is 1. The third-order valence-electron chi connectivity index (χ3n) is 1.48. The highest BCUT2D eigenvalue weighted by atomic mass is 79.9. The Balaban J connectivity index is 3.30. The van der Waals surface area contributed by atoms with Crippen molar-refractivity contribution in [1.82, 2.24) is 0 Å². The summed E-state index contributed by atoms with van der Waals surface area (Å²) in [5.74, 6) is 0. The number of hydrogen-bond donors (Lipinski definition) is 1. The lowest BCUT2D eigenvalue weighted by Crippen LogP contribution is -1.93. The highest BCUT2D eigenvalue weighted by molar-refractivity contribution is 9.10. The van der Waals surface area contributed by atoms with Gasteiger partial charge in [-0.15, -0.1) is 0 Å². The molecule has 0 spiro atoms. The van der Waals surface area contributed by atoms with Crippen LogP contribution in [0.1, 0.15) is 5.56 Å². The van der Waals surface area contributed by atoms with Crippen LogP contribution in [0.4, 0.5) is 5.69 Å². The largest absolute Gasteiger partial charge is 0.392 e. The Hall–Kier alpha value is -0.650. The molecule has 0 amide bonds. The zero-order valence-corrected chi connectivity index (χ0v) is 8.67. The summed E-state index contributed by atoms with van der Waals surface area (Å²) in [7, 11) is 0. The van der Waals surface area contributed by atoms with Gasteiger partial charge in [0, 0.05) is 16.7 Å². The van der Waals surface area contributed by atoms with Gasteiger partial charge in [0.2, 0.25) is 0 Å². The summed E-state index contributed by atoms with van der Waals surface area (Å²) >= 11 is 8.70. The molecule has 70 valence electrons. The molecule has 0 heterocycles. The average molecular weight is 266 g/mol. The van der Waals surface area contributed by atoms with Crippen molar-refractivity contribution >= 4 is 33.2 Å². The minimum absolute atomic E-state index is 0.103. The summed E-state index contributed by atoms with van der Waals surface area (Å²) in [5.41, 5.74) is 0.241. The van der Waals surface area contributed by atoms with E-state index in [4.69, 9.17) is 16.7 Å². The molecule has 0 aliphatic carbocycles. The first-order chi connectivity index (χ1) is 6.06. The number of nitro benzene ring substituents is 1. The first-order valence-corrected chi connectivity index (χ1v) is 4.46. The van der Waals surface area contributed by atoms with Gasteiger partial charge >= 0.3 is 0 Å². The summed E-state index contributed by atoms with van der Waals surface area (Å²) in [5, 5.41) is 19.6. The van der Waals surface area contributed by atoms with Crippen LogP contribution < -0.4 is 0 Å². The number of nitro groups is 1. The molecule has 6 heteroatoms. The van der Waals surface area contributed by atoms with Crippen molar-refractivity contribution in [2.75, 3.05) is 0 Å². The number of benzene rings is 1. The summed E-state index contributed by atoms with van der Waals surface area (Å²) in [6, 6.07) is 2.64. The third kappa shape index (κ3) is 2.18. The van der Waals surface area contributed by atoms with E-state index >= 15 is 0 Å². The number of nitrogens with zero attached hydrogens (tertiary/aromatic N) is 1.